The summed E-state index contributed by atoms with van der Waals surface area (Å²) in [5.41, 5.74) is 29.4. The average molecular weight is 1060 g/mol. The fourth-order valence-electron chi connectivity index (χ4n) is 9.32. The van der Waals surface area contributed by atoms with Crippen LogP contribution in [0, 0.1) is 11.7 Å². The van der Waals surface area contributed by atoms with Crippen molar-refractivity contribution >= 4 is 70.5 Å². The van der Waals surface area contributed by atoms with Gasteiger partial charge in [0, 0.05) is 56.6 Å². The third-order valence-corrected chi connectivity index (χ3v) is 13.3. The number of hydrogen-bond donors (Lipinski definition) is 14. The van der Waals surface area contributed by atoms with Crippen molar-refractivity contribution in [2.45, 2.75) is 126 Å². The molecule has 0 radical (unpaired) electrons. The lowest BCUT2D eigenvalue weighted by Crippen LogP contribution is -2.62. The number of nitrogens with two attached hydrogens (primary N) is 5. The summed E-state index contributed by atoms with van der Waals surface area (Å²) in [6, 6.07) is 3.72. The van der Waals surface area contributed by atoms with Gasteiger partial charge in [-0.3, -0.25) is 48.9 Å². The number of rotatable bonds is 17. The Kier molecular flexibility index (Phi) is 22.9. The molecule has 2 aliphatic rings. The van der Waals surface area contributed by atoms with E-state index in [0.29, 0.717) is 31.1 Å². The van der Waals surface area contributed by atoms with Gasteiger partial charge < -0.3 is 80.4 Å². The maximum absolute atomic E-state index is 15.4. The fraction of sp³-hybridized carbons (Fsp3) is 0.520. The number of guanidine groups is 2. The van der Waals surface area contributed by atoms with E-state index in [1.165, 1.54) is 30.0 Å². The molecule has 19 N–H and O–H groups in total. The molecule has 0 spiro atoms. The summed E-state index contributed by atoms with van der Waals surface area (Å²) in [6.45, 7) is 1.47. The summed E-state index contributed by atoms with van der Waals surface area (Å²) in [5.74, 6) is -7.72. The number of halogens is 1. The van der Waals surface area contributed by atoms with Crippen molar-refractivity contribution < 1.29 is 47.9 Å². The molecule has 26 heteroatoms. The number of aliphatic hydroxyl groups is 1. The van der Waals surface area contributed by atoms with E-state index in [-0.39, 0.29) is 95.2 Å². The van der Waals surface area contributed by atoms with Gasteiger partial charge in [0.15, 0.2) is 11.9 Å². The van der Waals surface area contributed by atoms with E-state index in [1.54, 1.807) is 12.3 Å². The first kappa shape index (κ1) is 59.2. The zero-order valence-electron chi connectivity index (χ0n) is 42.6. The second kappa shape index (κ2) is 29.4. The molecule has 0 saturated carbocycles. The van der Waals surface area contributed by atoms with E-state index in [2.05, 4.69) is 52.2 Å². The predicted octanol–water partition coefficient (Wildman–Crippen LogP) is -3.02. The first-order valence-electron chi connectivity index (χ1n) is 25.4. The third-order valence-electron chi connectivity index (χ3n) is 13.3. The number of carbonyl (C=O) groups is 8. The summed E-state index contributed by atoms with van der Waals surface area (Å²) < 4.78 is 15.4. The van der Waals surface area contributed by atoms with Gasteiger partial charge in [0.05, 0.1) is 18.0 Å². The molecule has 3 aromatic rings. The Morgan fingerprint density at radius 1 is 0.842 bits per heavy atom. The molecule has 2 aromatic carbocycles. The maximum Gasteiger partial charge on any atom is 0.246 e. The molecule has 2 aliphatic heterocycles. The zero-order chi connectivity index (χ0) is 55.3. The van der Waals surface area contributed by atoms with Gasteiger partial charge >= 0.3 is 0 Å². The smallest absolute Gasteiger partial charge is 0.246 e. The second-order valence-electron chi connectivity index (χ2n) is 19.0. The Balaban J connectivity index is 1.54. The minimum Gasteiger partial charge on any atom is -0.376 e. The molecule has 7 amide bonds. The predicted molar refractivity (Wildman–Crippen MR) is 280 cm³/mol. The van der Waals surface area contributed by atoms with Crippen LogP contribution in [0.4, 0.5) is 4.39 Å². The number of nitrogens with one attached hydrogen (secondary N) is 8. The van der Waals surface area contributed by atoms with Gasteiger partial charge in [0.25, 0.3) is 0 Å². The number of benzene rings is 2. The topological polar surface area (TPSA) is 415 Å². The molecule has 3 heterocycles. The Bertz CT molecular complexity index is 2550. The summed E-state index contributed by atoms with van der Waals surface area (Å²) in [7, 11) is 0. The number of carbonyl (C=O) groups excluding carboxylic acids is 8. The molecule has 0 bridgehead atoms. The van der Waals surface area contributed by atoms with Gasteiger partial charge in [-0.05, 0) is 94.0 Å². The number of hydrogen-bond acceptors (Lipinski definition) is 13. The third kappa shape index (κ3) is 17.7. The van der Waals surface area contributed by atoms with Crippen LogP contribution in [-0.2, 0) is 51.2 Å². The van der Waals surface area contributed by atoms with Crippen molar-refractivity contribution in [2.24, 2.45) is 44.6 Å². The van der Waals surface area contributed by atoms with Crippen molar-refractivity contribution in [1.82, 2.24) is 47.1 Å². The van der Waals surface area contributed by atoms with Gasteiger partial charge in [-0.1, -0.05) is 36.4 Å². The highest BCUT2D eigenvalue weighted by molar-refractivity contribution is 5.97. The minimum absolute atomic E-state index is 0.00332. The Labute approximate surface area is 439 Å². The number of aromatic amines is 1. The van der Waals surface area contributed by atoms with Crippen molar-refractivity contribution in [3.63, 3.8) is 0 Å². The minimum atomic E-state index is -1.70. The average Bonchev–Trinajstić information content (AvgIpc) is 4.05. The van der Waals surface area contributed by atoms with Crippen LogP contribution < -0.4 is 65.9 Å². The van der Waals surface area contributed by atoms with Crippen molar-refractivity contribution in [2.75, 3.05) is 32.7 Å². The van der Waals surface area contributed by atoms with E-state index in [4.69, 9.17) is 28.7 Å². The lowest BCUT2D eigenvalue weighted by molar-refractivity contribution is -0.144. The highest BCUT2D eigenvalue weighted by Gasteiger charge is 2.42. The van der Waals surface area contributed by atoms with Crippen LogP contribution in [0.1, 0.15) is 75.8 Å². The van der Waals surface area contributed by atoms with E-state index < -0.39 is 108 Å². The molecule has 9 unspecified atom stereocenters. The molecule has 2 saturated heterocycles. The number of aromatic nitrogens is 1. The number of primary amides is 1. The summed E-state index contributed by atoms with van der Waals surface area (Å²) in [6.07, 6.45) is 1.73. The first-order chi connectivity index (χ1) is 36.4. The van der Waals surface area contributed by atoms with E-state index >= 15 is 4.39 Å². The lowest BCUT2D eigenvalue weighted by Gasteiger charge is -2.33. The van der Waals surface area contributed by atoms with E-state index in [1.807, 2.05) is 24.3 Å². The van der Waals surface area contributed by atoms with Crippen LogP contribution >= 0.6 is 0 Å². The number of nitrogens with zero attached hydrogens (tertiary/aromatic N) is 3. The van der Waals surface area contributed by atoms with Crippen LogP contribution in [0.2, 0.25) is 0 Å². The number of H-pyrrole nitrogens is 1. The lowest BCUT2D eigenvalue weighted by atomic mass is 9.97. The quantitative estimate of drug-likeness (QED) is 0.0277. The van der Waals surface area contributed by atoms with Crippen LogP contribution in [0.25, 0.3) is 10.9 Å². The highest BCUT2D eigenvalue weighted by atomic mass is 19.1. The van der Waals surface area contributed by atoms with Crippen LogP contribution in [0.15, 0.2) is 64.7 Å². The molecule has 76 heavy (non-hydrogen) atoms. The Morgan fingerprint density at radius 2 is 1.53 bits per heavy atom. The monoisotopic (exact) mass is 1060 g/mol. The maximum atomic E-state index is 15.4. The largest absolute Gasteiger partial charge is 0.376 e. The van der Waals surface area contributed by atoms with Crippen molar-refractivity contribution in [3.05, 3.63) is 71.7 Å². The number of fused-ring (bicyclic) bond motifs is 2. The molecule has 5 rings (SSSR count). The molecule has 1 aromatic heterocycles. The fourth-order valence-corrected chi connectivity index (χ4v) is 9.32. The van der Waals surface area contributed by atoms with Crippen LogP contribution in [0.3, 0.4) is 0 Å². The number of amides is 7. The number of para-hydroxylation sites is 1. The number of aliphatic imine (C=N–C) groups is 2. The molecule has 414 valence electrons. The molecular weight excluding hydrogens is 988 g/mol. The van der Waals surface area contributed by atoms with Crippen LogP contribution in [-0.4, -0.2) is 156 Å². The summed E-state index contributed by atoms with van der Waals surface area (Å²) in [5, 5.41) is 32.4. The normalized spacial score (nSPS) is 23.9. The van der Waals surface area contributed by atoms with Gasteiger partial charge in [0.1, 0.15) is 48.5 Å². The molecule has 2 fully saturated rings. The number of aliphatic hydroxyl groups excluding tert-OH is 1. The highest BCUT2D eigenvalue weighted by Crippen LogP contribution is 2.23. The van der Waals surface area contributed by atoms with Gasteiger partial charge in [-0.15, -0.1) is 0 Å². The van der Waals surface area contributed by atoms with Crippen molar-refractivity contribution in [1.29, 1.82) is 0 Å². The molecule has 0 aliphatic carbocycles. The molecule has 9 atom stereocenters. The van der Waals surface area contributed by atoms with Crippen molar-refractivity contribution in [3.8, 4) is 0 Å². The van der Waals surface area contributed by atoms with Crippen LogP contribution in [0.5, 0.6) is 0 Å². The van der Waals surface area contributed by atoms with E-state index in [9.17, 15) is 43.5 Å². The summed E-state index contributed by atoms with van der Waals surface area (Å²) in [4.78, 5) is 123. The molecular formula is C50H73FN16O9. The standard InChI is InChI=1S/C50H73FN16O9/c1-28(69)61-36(16-8-20-58-49(53)54)44(72)66-41-31(27-68)25-57-19-7-6-15-35(42(52)70)62-45(73)39(24-30-26-60-34-14-5-3-12-32(30)34)64-43(71)37(17-9-21-59-50(55)56)63-46(74)38(23-29-11-2-4-13-33(29)51)65-47(75)40-18-10-22-67(40)48(41)76/h2-5,11-14,26-27,31,35-41,43,57,60,64,71H,6-10,15-25H2,1H3,(H2,52,70)(H,61,69)(H,62,73)(H,63,74)(H,65,75)(H,66,72)(H4,53,54,58)(H4,55,56,59). The second-order valence-corrected chi connectivity index (χ2v) is 19.0. The van der Waals surface area contributed by atoms with Gasteiger partial charge in [-0.2, -0.15) is 0 Å². The SMILES string of the molecule is CC(=O)NC(CCCN=C(N)N)C(=O)NC1C(=O)N2CCCC2C(=O)NC(Cc2ccccc2F)C(=O)NC(CCCN=C(N)N)C(O)NC(Cc2c[nH]c3ccccc23)C(=O)NC(C(N)=O)CCCCNCC1C=O. The van der Waals surface area contributed by atoms with Gasteiger partial charge in [0.2, 0.25) is 41.4 Å². The first-order valence-corrected chi connectivity index (χ1v) is 25.4. The number of aldehydes is 1. The molecule has 25 nitrogen and oxygen atoms in total. The zero-order valence-corrected chi connectivity index (χ0v) is 42.6. The Morgan fingerprint density at radius 3 is 2.22 bits per heavy atom. The summed E-state index contributed by atoms with van der Waals surface area (Å²) >= 11 is 0. The Hall–Kier alpha value is -7.71. The van der Waals surface area contributed by atoms with E-state index in [0.717, 1.165) is 10.9 Å². The van der Waals surface area contributed by atoms with Gasteiger partial charge in [-0.25, -0.2) is 4.39 Å².